The first kappa shape index (κ1) is 12.5. The highest BCUT2D eigenvalue weighted by molar-refractivity contribution is 5.04. The van der Waals surface area contributed by atoms with Gasteiger partial charge in [-0.3, -0.25) is 4.98 Å². The van der Waals surface area contributed by atoms with E-state index in [0.29, 0.717) is 12.0 Å². The summed E-state index contributed by atoms with van der Waals surface area (Å²) in [6.07, 6.45) is 6.84. The summed E-state index contributed by atoms with van der Waals surface area (Å²) in [4.78, 5) is 6.84. The number of nitrogens with two attached hydrogens (primary N) is 1. The van der Waals surface area contributed by atoms with Crippen LogP contribution in [0.2, 0.25) is 0 Å². The third-order valence-corrected chi connectivity index (χ3v) is 3.93. The minimum Gasteiger partial charge on any atom is -0.330 e. The van der Waals surface area contributed by atoms with Gasteiger partial charge in [0.15, 0.2) is 0 Å². The molecule has 0 spiro atoms. The topological polar surface area (TPSA) is 42.2 Å². The molecule has 94 valence electrons. The second-order valence-electron chi connectivity index (χ2n) is 5.05. The van der Waals surface area contributed by atoms with Crippen LogP contribution in [0.15, 0.2) is 24.4 Å². The monoisotopic (exact) mass is 233 g/mol. The molecule has 2 atom stereocenters. The van der Waals surface area contributed by atoms with E-state index in [2.05, 4.69) is 29.1 Å². The SMILES string of the molecule is CN(CCc1ccccn1)C1CCCC1CN. The molecule has 1 saturated carbocycles. The van der Waals surface area contributed by atoms with E-state index >= 15 is 0 Å². The van der Waals surface area contributed by atoms with Crippen LogP contribution in [-0.2, 0) is 6.42 Å². The molecule has 1 aromatic rings. The van der Waals surface area contributed by atoms with E-state index in [-0.39, 0.29) is 0 Å². The number of rotatable bonds is 5. The van der Waals surface area contributed by atoms with Gasteiger partial charge in [-0.1, -0.05) is 12.5 Å². The molecule has 0 bridgehead atoms. The van der Waals surface area contributed by atoms with Crippen molar-refractivity contribution in [3.8, 4) is 0 Å². The van der Waals surface area contributed by atoms with Gasteiger partial charge in [0.2, 0.25) is 0 Å². The molecule has 0 radical (unpaired) electrons. The maximum Gasteiger partial charge on any atom is 0.0416 e. The van der Waals surface area contributed by atoms with Gasteiger partial charge in [0.05, 0.1) is 0 Å². The number of likely N-dealkylation sites (N-methyl/N-ethyl adjacent to an activating group) is 1. The summed E-state index contributed by atoms with van der Waals surface area (Å²) in [5, 5.41) is 0. The Kier molecular flexibility index (Phi) is 4.51. The molecule has 0 aromatic carbocycles. The lowest BCUT2D eigenvalue weighted by Gasteiger charge is -2.28. The second kappa shape index (κ2) is 6.12. The summed E-state index contributed by atoms with van der Waals surface area (Å²) in [6, 6.07) is 6.81. The van der Waals surface area contributed by atoms with Gasteiger partial charge < -0.3 is 10.6 Å². The summed E-state index contributed by atoms with van der Waals surface area (Å²) in [5.74, 6) is 0.698. The fraction of sp³-hybridized carbons (Fsp3) is 0.643. The van der Waals surface area contributed by atoms with Crippen molar-refractivity contribution in [3.63, 3.8) is 0 Å². The number of aromatic nitrogens is 1. The predicted octanol–water partition coefficient (Wildman–Crippen LogP) is 1.68. The van der Waals surface area contributed by atoms with Gasteiger partial charge in [-0.25, -0.2) is 0 Å². The maximum absolute atomic E-state index is 5.83. The quantitative estimate of drug-likeness (QED) is 0.841. The summed E-state index contributed by atoms with van der Waals surface area (Å²) in [5.41, 5.74) is 7.01. The van der Waals surface area contributed by atoms with E-state index in [1.54, 1.807) is 0 Å². The van der Waals surface area contributed by atoms with E-state index < -0.39 is 0 Å². The lowest BCUT2D eigenvalue weighted by atomic mass is 10.0. The van der Waals surface area contributed by atoms with Gasteiger partial charge in [0.1, 0.15) is 0 Å². The molecule has 17 heavy (non-hydrogen) atoms. The first-order valence-electron chi connectivity index (χ1n) is 6.61. The predicted molar refractivity (Wildman–Crippen MR) is 70.8 cm³/mol. The highest BCUT2D eigenvalue weighted by Crippen LogP contribution is 2.28. The molecule has 2 rings (SSSR count). The van der Waals surface area contributed by atoms with Gasteiger partial charge in [-0.15, -0.1) is 0 Å². The Labute approximate surface area is 104 Å². The van der Waals surface area contributed by atoms with Crippen LogP contribution in [0.5, 0.6) is 0 Å². The molecule has 1 aliphatic carbocycles. The summed E-state index contributed by atoms with van der Waals surface area (Å²) >= 11 is 0. The van der Waals surface area contributed by atoms with Crippen LogP contribution in [0.1, 0.15) is 25.0 Å². The first-order valence-corrected chi connectivity index (χ1v) is 6.61. The zero-order chi connectivity index (χ0) is 12.1. The van der Waals surface area contributed by atoms with Gasteiger partial charge >= 0.3 is 0 Å². The number of pyridine rings is 1. The molecule has 1 heterocycles. The fourth-order valence-corrected chi connectivity index (χ4v) is 2.88. The largest absolute Gasteiger partial charge is 0.330 e. The lowest BCUT2D eigenvalue weighted by molar-refractivity contribution is 0.202. The third kappa shape index (κ3) is 3.27. The molecule has 1 aromatic heterocycles. The minimum absolute atomic E-state index is 0.684. The van der Waals surface area contributed by atoms with Crippen LogP contribution < -0.4 is 5.73 Å². The molecule has 2 unspecified atom stereocenters. The number of hydrogen-bond donors (Lipinski definition) is 1. The van der Waals surface area contributed by atoms with Gasteiger partial charge in [-0.2, -0.15) is 0 Å². The Morgan fingerprint density at radius 2 is 2.29 bits per heavy atom. The van der Waals surface area contributed by atoms with Crippen LogP contribution in [0.25, 0.3) is 0 Å². The first-order chi connectivity index (χ1) is 8.31. The van der Waals surface area contributed by atoms with E-state index in [4.69, 9.17) is 5.73 Å². The molecule has 1 fully saturated rings. The van der Waals surface area contributed by atoms with Crippen LogP contribution >= 0.6 is 0 Å². The third-order valence-electron chi connectivity index (χ3n) is 3.93. The van der Waals surface area contributed by atoms with Crippen molar-refractivity contribution in [2.45, 2.75) is 31.7 Å². The molecular formula is C14H23N3. The van der Waals surface area contributed by atoms with Crippen molar-refractivity contribution in [3.05, 3.63) is 30.1 Å². The second-order valence-corrected chi connectivity index (χ2v) is 5.05. The van der Waals surface area contributed by atoms with E-state index in [9.17, 15) is 0 Å². The minimum atomic E-state index is 0.684. The Hall–Kier alpha value is -0.930. The zero-order valence-electron chi connectivity index (χ0n) is 10.7. The standard InChI is InChI=1S/C14H23N3/c1-17(14-7-4-5-12(14)11-15)10-8-13-6-2-3-9-16-13/h2-3,6,9,12,14H,4-5,7-8,10-11,15H2,1H3. The van der Waals surface area contributed by atoms with Crippen molar-refractivity contribution < 1.29 is 0 Å². The molecule has 0 saturated heterocycles. The fourth-order valence-electron chi connectivity index (χ4n) is 2.88. The van der Waals surface area contributed by atoms with Crippen molar-refractivity contribution in [2.24, 2.45) is 11.7 Å². The zero-order valence-corrected chi connectivity index (χ0v) is 10.7. The molecule has 3 nitrogen and oxygen atoms in total. The van der Waals surface area contributed by atoms with Gasteiger partial charge in [0, 0.05) is 30.9 Å². The number of hydrogen-bond acceptors (Lipinski definition) is 3. The van der Waals surface area contributed by atoms with Crippen molar-refractivity contribution in [1.29, 1.82) is 0 Å². The van der Waals surface area contributed by atoms with Crippen LogP contribution in [0, 0.1) is 5.92 Å². The van der Waals surface area contributed by atoms with Gasteiger partial charge in [0.25, 0.3) is 0 Å². The molecular weight excluding hydrogens is 210 g/mol. The maximum atomic E-state index is 5.83. The van der Waals surface area contributed by atoms with E-state index in [0.717, 1.165) is 19.5 Å². The van der Waals surface area contributed by atoms with E-state index in [1.165, 1.54) is 25.0 Å². The summed E-state index contributed by atoms with van der Waals surface area (Å²) < 4.78 is 0. The Bertz CT molecular complexity index is 325. The summed E-state index contributed by atoms with van der Waals surface area (Å²) in [6.45, 7) is 1.91. The smallest absolute Gasteiger partial charge is 0.0416 e. The molecule has 2 N–H and O–H groups in total. The molecule has 0 aliphatic heterocycles. The lowest BCUT2D eigenvalue weighted by Crippen LogP contribution is -2.38. The Morgan fingerprint density at radius 3 is 3.00 bits per heavy atom. The van der Waals surface area contributed by atoms with Crippen LogP contribution in [0.3, 0.4) is 0 Å². The molecule has 1 aliphatic rings. The van der Waals surface area contributed by atoms with Crippen LogP contribution in [0.4, 0.5) is 0 Å². The van der Waals surface area contributed by atoms with Crippen molar-refractivity contribution >= 4 is 0 Å². The van der Waals surface area contributed by atoms with Crippen molar-refractivity contribution in [2.75, 3.05) is 20.1 Å². The average molecular weight is 233 g/mol. The molecule has 3 heteroatoms. The molecule has 0 amide bonds. The van der Waals surface area contributed by atoms with Crippen molar-refractivity contribution in [1.82, 2.24) is 9.88 Å². The number of nitrogens with zero attached hydrogens (tertiary/aromatic N) is 2. The summed E-state index contributed by atoms with van der Waals surface area (Å²) in [7, 11) is 2.22. The highest BCUT2D eigenvalue weighted by Gasteiger charge is 2.28. The average Bonchev–Trinajstić information content (AvgIpc) is 2.85. The normalized spacial score (nSPS) is 24.4. The Morgan fingerprint density at radius 1 is 1.41 bits per heavy atom. The Balaban J connectivity index is 1.83. The highest BCUT2D eigenvalue weighted by atomic mass is 15.1. The van der Waals surface area contributed by atoms with E-state index in [1.807, 2.05) is 12.3 Å². The van der Waals surface area contributed by atoms with Crippen LogP contribution in [-0.4, -0.2) is 36.1 Å². The van der Waals surface area contributed by atoms with Gasteiger partial charge in [-0.05, 0) is 44.5 Å².